The number of thiazole rings is 1. The van der Waals surface area contributed by atoms with E-state index in [4.69, 9.17) is 0 Å². The number of piperidine rings is 1. The van der Waals surface area contributed by atoms with Crippen molar-refractivity contribution >= 4 is 17.2 Å². The lowest BCUT2D eigenvalue weighted by atomic mass is 9.94. The Morgan fingerprint density at radius 3 is 2.92 bits per heavy atom. The first-order valence-corrected chi connectivity index (χ1v) is 9.71. The number of amides is 1. The van der Waals surface area contributed by atoms with Crippen LogP contribution in [0.2, 0.25) is 0 Å². The Balaban J connectivity index is 1.41. The van der Waals surface area contributed by atoms with Crippen LogP contribution in [0.1, 0.15) is 30.1 Å². The highest BCUT2D eigenvalue weighted by atomic mass is 32.1. The van der Waals surface area contributed by atoms with Crippen molar-refractivity contribution in [1.29, 1.82) is 0 Å². The summed E-state index contributed by atoms with van der Waals surface area (Å²) in [4.78, 5) is 27.7. The average Bonchev–Trinajstić information content (AvgIpc) is 3.18. The van der Waals surface area contributed by atoms with Gasteiger partial charge in [0.2, 0.25) is 5.91 Å². The Hall–Kier alpha value is -2.60. The van der Waals surface area contributed by atoms with Crippen molar-refractivity contribution < 1.29 is 4.79 Å². The molecule has 1 aliphatic heterocycles. The largest absolute Gasteiger partial charge is 0.342 e. The van der Waals surface area contributed by atoms with Gasteiger partial charge < -0.3 is 4.90 Å². The molecule has 6 heteroatoms. The van der Waals surface area contributed by atoms with Gasteiger partial charge in [-0.05, 0) is 18.9 Å². The van der Waals surface area contributed by atoms with Crippen molar-refractivity contribution in [1.82, 2.24) is 19.9 Å². The van der Waals surface area contributed by atoms with Gasteiger partial charge in [-0.1, -0.05) is 30.3 Å². The topological polar surface area (TPSA) is 59.0 Å². The number of carbonyl (C=O) groups excluding carboxylic acids is 1. The van der Waals surface area contributed by atoms with Gasteiger partial charge in [0.05, 0.1) is 12.1 Å². The van der Waals surface area contributed by atoms with Crippen LogP contribution < -0.4 is 0 Å². The van der Waals surface area contributed by atoms with Gasteiger partial charge in [-0.2, -0.15) is 0 Å². The smallest absolute Gasteiger partial charge is 0.228 e. The van der Waals surface area contributed by atoms with Crippen molar-refractivity contribution in [3.05, 3.63) is 65.7 Å². The molecular weight excluding hydrogens is 344 g/mol. The predicted octanol–water partition coefficient (Wildman–Crippen LogP) is 3.55. The molecule has 4 rings (SSSR count). The van der Waals surface area contributed by atoms with Crippen molar-refractivity contribution in [2.75, 3.05) is 13.1 Å². The van der Waals surface area contributed by atoms with E-state index in [0.717, 1.165) is 47.9 Å². The third-order valence-corrected chi connectivity index (χ3v) is 5.64. The third kappa shape index (κ3) is 3.80. The summed E-state index contributed by atoms with van der Waals surface area (Å²) in [5, 5.41) is 2.96. The number of rotatable bonds is 4. The number of carbonyl (C=O) groups is 1. The molecule has 0 unspecified atom stereocenters. The van der Waals surface area contributed by atoms with Gasteiger partial charge >= 0.3 is 0 Å². The molecule has 0 aliphatic carbocycles. The monoisotopic (exact) mass is 364 g/mol. The van der Waals surface area contributed by atoms with Crippen LogP contribution in [0.15, 0.2) is 54.3 Å². The van der Waals surface area contributed by atoms with Crippen molar-refractivity contribution in [3.63, 3.8) is 0 Å². The summed E-state index contributed by atoms with van der Waals surface area (Å²) in [6.45, 7) is 1.54. The highest BCUT2D eigenvalue weighted by Crippen LogP contribution is 2.27. The minimum absolute atomic E-state index is 0.147. The van der Waals surface area contributed by atoms with E-state index in [0.29, 0.717) is 12.3 Å². The number of hydrogen-bond donors (Lipinski definition) is 0. The van der Waals surface area contributed by atoms with Crippen LogP contribution in [-0.2, 0) is 11.2 Å². The fourth-order valence-electron chi connectivity index (χ4n) is 3.36. The second-order valence-corrected chi connectivity index (χ2v) is 7.36. The quantitative estimate of drug-likeness (QED) is 0.710. The summed E-state index contributed by atoms with van der Waals surface area (Å²) in [6, 6.07) is 12.0. The SMILES string of the molecule is O=C(Cc1csc(-c2ccccc2)n1)N1CCC[C@H](c2ccncn2)C1. The van der Waals surface area contributed by atoms with Crippen molar-refractivity contribution in [3.8, 4) is 10.6 Å². The number of likely N-dealkylation sites (tertiary alicyclic amines) is 1. The molecule has 1 amide bonds. The summed E-state index contributed by atoms with van der Waals surface area (Å²) in [5.74, 6) is 0.444. The first-order chi connectivity index (χ1) is 12.8. The molecule has 0 saturated carbocycles. The molecule has 0 N–H and O–H groups in total. The van der Waals surface area contributed by atoms with Gasteiger partial charge in [0.25, 0.3) is 0 Å². The van der Waals surface area contributed by atoms with E-state index in [1.54, 1.807) is 23.9 Å². The molecule has 1 atom stereocenters. The van der Waals surface area contributed by atoms with E-state index < -0.39 is 0 Å². The average molecular weight is 364 g/mol. The Labute approximate surface area is 156 Å². The molecule has 0 radical (unpaired) electrons. The summed E-state index contributed by atoms with van der Waals surface area (Å²) in [7, 11) is 0. The zero-order valence-electron chi connectivity index (χ0n) is 14.4. The Morgan fingerprint density at radius 2 is 2.12 bits per heavy atom. The third-order valence-electron chi connectivity index (χ3n) is 4.70. The van der Waals surface area contributed by atoms with Crippen LogP contribution >= 0.6 is 11.3 Å². The molecule has 2 aromatic heterocycles. The van der Waals surface area contributed by atoms with E-state index >= 15 is 0 Å². The van der Waals surface area contributed by atoms with Gasteiger partial charge in [0, 0.05) is 41.8 Å². The molecule has 26 heavy (non-hydrogen) atoms. The fourth-order valence-corrected chi connectivity index (χ4v) is 4.18. The van der Waals surface area contributed by atoms with Crippen LogP contribution in [0.3, 0.4) is 0 Å². The van der Waals surface area contributed by atoms with Gasteiger partial charge in [0.15, 0.2) is 0 Å². The molecular formula is C20H20N4OS. The number of aromatic nitrogens is 3. The van der Waals surface area contributed by atoms with Crippen LogP contribution in [0.5, 0.6) is 0 Å². The van der Waals surface area contributed by atoms with E-state index in [1.807, 2.05) is 46.7 Å². The van der Waals surface area contributed by atoms with Gasteiger partial charge in [-0.15, -0.1) is 11.3 Å². The zero-order valence-corrected chi connectivity index (χ0v) is 15.2. The predicted molar refractivity (Wildman–Crippen MR) is 102 cm³/mol. The minimum atomic E-state index is 0.147. The lowest BCUT2D eigenvalue weighted by molar-refractivity contribution is -0.131. The minimum Gasteiger partial charge on any atom is -0.342 e. The Morgan fingerprint density at radius 1 is 1.23 bits per heavy atom. The Kier molecular flexibility index (Phi) is 5.02. The maximum atomic E-state index is 12.7. The highest BCUT2D eigenvalue weighted by Gasteiger charge is 2.26. The summed E-state index contributed by atoms with van der Waals surface area (Å²) in [6.07, 6.45) is 5.78. The maximum absolute atomic E-state index is 12.7. The lowest BCUT2D eigenvalue weighted by Gasteiger charge is -2.32. The van der Waals surface area contributed by atoms with Crippen LogP contribution in [0.4, 0.5) is 0 Å². The molecule has 0 spiro atoms. The van der Waals surface area contributed by atoms with E-state index in [9.17, 15) is 4.79 Å². The summed E-state index contributed by atoms with van der Waals surface area (Å²) < 4.78 is 0. The number of benzene rings is 1. The van der Waals surface area contributed by atoms with E-state index in [2.05, 4.69) is 15.0 Å². The number of nitrogens with zero attached hydrogens (tertiary/aromatic N) is 4. The van der Waals surface area contributed by atoms with Crippen LogP contribution in [0.25, 0.3) is 10.6 Å². The van der Waals surface area contributed by atoms with Gasteiger partial charge in [-0.3, -0.25) is 4.79 Å². The normalized spacial score (nSPS) is 17.2. The number of hydrogen-bond acceptors (Lipinski definition) is 5. The van der Waals surface area contributed by atoms with E-state index in [1.165, 1.54) is 0 Å². The molecule has 1 aromatic carbocycles. The molecule has 1 fully saturated rings. The highest BCUT2D eigenvalue weighted by molar-refractivity contribution is 7.13. The first kappa shape index (κ1) is 16.8. The summed E-state index contributed by atoms with van der Waals surface area (Å²) >= 11 is 1.59. The maximum Gasteiger partial charge on any atom is 0.228 e. The molecule has 1 saturated heterocycles. The molecule has 3 heterocycles. The summed E-state index contributed by atoms with van der Waals surface area (Å²) in [5.41, 5.74) is 2.97. The molecule has 3 aromatic rings. The second-order valence-electron chi connectivity index (χ2n) is 6.50. The van der Waals surface area contributed by atoms with Gasteiger partial charge in [-0.25, -0.2) is 15.0 Å². The zero-order chi connectivity index (χ0) is 17.8. The molecule has 5 nitrogen and oxygen atoms in total. The second kappa shape index (κ2) is 7.74. The lowest BCUT2D eigenvalue weighted by Crippen LogP contribution is -2.40. The van der Waals surface area contributed by atoms with Crippen LogP contribution in [0, 0.1) is 0 Å². The standard InChI is InChI=1S/C20H20N4OS/c25-19(11-17-13-26-20(23-17)15-5-2-1-3-6-15)24-10-4-7-16(12-24)18-8-9-21-14-22-18/h1-3,5-6,8-9,13-14,16H,4,7,10-12H2/t16-/m0/s1. The van der Waals surface area contributed by atoms with Gasteiger partial charge in [0.1, 0.15) is 11.3 Å². The van der Waals surface area contributed by atoms with Crippen LogP contribution in [-0.4, -0.2) is 38.8 Å². The molecule has 1 aliphatic rings. The Bertz CT molecular complexity index is 866. The molecule has 0 bridgehead atoms. The van der Waals surface area contributed by atoms with Crippen molar-refractivity contribution in [2.45, 2.75) is 25.2 Å². The van der Waals surface area contributed by atoms with E-state index in [-0.39, 0.29) is 5.91 Å². The fraction of sp³-hybridized carbons (Fsp3) is 0.300. The van der Waals surface area contributed by atoms with Crippen molar-refractivity contribution in [2.24, 2.45) is 0 Å². The molecule has 132 valence electrons. The first-order valence-electron chi connectivity index (χ1n) is 8.83.